The van der Waals surface area contributed by atoms with Crippen molar-refractivity contribution in [2.45, 2.75) is 6.92 Å². The van der Waals surface area contributed by atoms with Gasteiger partial charge in [0, 0.05) is 11.6 Å². The molecule has 6 heteroatoms. The van der Waals surface area contributed by atoms with Crippen LogP contribution in [0.2, 0.25) is 5.02 Å². The van der Waals surface area contributed by atoms with Crippen LogP contribution in [0.3, 0.4) is 0 Å². The number of ketones is 1. The predicted molar refractivity (Wildman–Crippen MR) is 57.9 cm³/mol. The molecule has 0 aliphatic carbocycles. The number of halogens is 2. The number of alkyl halides is 1. The topological polar surface area (TPSA) is 60.2 Å². The van der Waals surface area contributed by atoms with Gasteiger partial charge in [0.1, 0.15) is 5.02 Å². The Morgan fingerprint density at radius 3 is 2.60 bits per heavy atom. The summed E-state index contributed by atoms with van der Waals surface area (Å²) >= 11 is 11.1. The van der Waals surface area contributed by atoms with Gasteiger partial charge in [0.25, 0.3) is 5.69 Å². The van der Waals surface area contributed by atoms with Crippen molar-refractivity contribution in [1.29, 1.82) is 0 Å². The lowest BCUT2D eigenvalue weighted by atomic mass is 10.0. The molecule has 0 saturated carbocycles. The van der Waals surface area contributed by atoms with E-state index in [0.717, 1.165) is 0 Å². The largest absolute Gasteiger partial charge is 0.293 e. The monoisotopic (exact) mass is 247 g/mol. The van der Waals surface area contributed by atoms with Crippen LogP contribution < -0.4 is 0 Å². The molecule has 0 N–H and O–H groups in total. The van der Waals surface area contributed by atoms with E-state index in [-0.39, 0.29) is 22.4 Å². The van der Waals surface area contributed by atoms with Gasteiger partial charge in [-0.15, -0.1) is 11.6 Å². The average Bonchev–Trinajstić information content (AvgIpc) is 2.20. The molecular weight excluding hydrogens is 241 g/mol. The van der Waals surface area contributed by atoms with Gasteiger partial charge in [-0.05, 0) is 18.6 Å². The van der Waals surface area contributed by atoms with E-state index in [4.69, 9.17) is 23.2 Å². The van der Waals surface area contributed by atoms with Gasteiger partial charge in [-0.3, -0.25) is 14.9 Å². The molecule has 0 aliphatic heterocycles. The number of carbonyl (C=O) groups is 1. The Bertz CT molecular complexity index is 432. The van der Waals surface area contributed by atoms with E-state index < -0.39 is 4.92 Å². The highest BCUT2D eigenvalue weighted by Crippen LogP contribution is 2.30. The first-order chi connectivity index (χ1) is 6.99. The SMILES string of the molecule is Cc1c(C(=O)CCl)ccc([N+](=O)[O-])c1Cl. The van der Waals surface area contributed by atoms with Crippen LogP contribution in [0.15, 0.2) is 12.1 Å². The van der Waals surface area contributed by atoms with E-state index in [9.17, 15) is 14.9 Å². The van der Waals surface area contributed by atoms with Crippen LogP contribution >= 0.6 is 23.2 Å². The lowest BCUT2D eigenvalue weighted by molar-refractivity contribution is -0.384. The van der Waals surface area contributed by atoms with Gasteiger partial charge in [0.15, 0.2) is 5.78 Å². The number of carbonyl (C=O) groups excluding carboxylic acids is 1. The minimum atomic E-state index is -0.593. The highest BCUT2D eigenvalue weighted by atomic mass is 35.5. The van der Waals surface area contributed by atoms with Crippen LogP contribution in [0.1, 0.15) is 15.9 Å². The highest BCUT2D eigenvalue weighted by Gasteiger charge is 2.19. The van der Waals surface area contributed by atoms with Crippen LogP contribution in [-0.2, 0) is 0 Å². The van der Waals surface area contributed by atoms with Gasteiger partial charge in [-0.25, -0.2) is 0 Å². The van der Waals surface area contributed by atoms with Crippen LogP contribution in [0.4, 0.5) is 5.69 Å². The van der Waals surface area contributed by atoms with Crippen molar-refractivity contribution >= 4 is 34.7 Å². The molecular formula is C9H7Cl2NO3. The van der Waals surface area contributed by atoms with E-state index in [1.807, 2.05) is 0 Å². The number of hydrogen-bond donors (Lipinski definition) is 0. The summed E-state index contributed by atoms with van der Waals surface area (Å²) in [4.78, 5) is 21.2. The normalized spacial score (nSPS) is 10.1. The van der Waals surface area contributed by atoms with Crippen LogP contribution in [0.5, 0.6) is 0 Å². The maximum atomic E-state index is 11.3. The van der Waals surface area contributed by atoms with E-state index in [0.29, 0.717) is 11.1 Å². The van der Waals surface area contributed by atoms with Crippen LogP contribution in [0.25, 0.3) is 0 Å². The Balaban J connectivity index is 3.33. The summed E-state index contributed by atoms with van der Waals surface area (Å²) in [7, 11) is 0. The molecule has 0 radical (unpaired) electrons. The first-order valence-electron chi connectivity index (χ1n) is 4.01. The molecule has 0 bridgehead atoms. The number of nitro benzene ring substituents is 1. The molecule has 0 spiro atoms. The van der Waals surface area contributed by atoms with Crippen molar-refractivity contribution in [1.82, 2.24) is 0 Å². The zero-order valence-corrected chi connectivity index (χ0v) is 9.30. The number of rotatable bonds is 3. The first kappa shape index (κ1) is 11.9. The van der Waals surface area contributed by atoms with Gasteiger partial charge in [-0.2, -0.15) is 0 Å². The minimum Gasteiger partial charge on any atom is -0.293 e. The minimum absolute atomic E-state index is 0.0176. The Labute approximate surface area is 95.9 Å². The molecule has 0 unspecified atom stereocenters. The first-order valence-corrected chi connectivity index (χ1v) is 4.93. The summed E-state index contributed by atoms with van der Waals surface area (Å²) < 4.78 is 0. The Kier molecular flexibility index (Phi) is 3.66. The average molecular weight is 248 g/mol. The summed E-state index contributed by atoms with van der Waals surface area (Å²) in [6.07, 6.45) is 0. The summed E-state index contributed by atoms with van der Waals surface area (Å²) in [5.41, 5.74) is 0.498. The molecule has 0 saturated heterocycles. The molecule has 0 aliphatic rings. The second-order valence-electron chi connectivity index (χ2n) is 2.89. The third-order valence-corrected chi connectivity index (χ3v) is 2.70. The summed E-state index contributed by atoms with van der Waals surface area (Å²) in [5.74, 6) is -0.472. The van der Waals surface area contributed by atoms with E-state index >= 15 is 0 Å². The zero-order valence-electron chi connectivity index (χ0n) is 7.79. The van der Waals surface area contributed by atoms with Crippen LogP contribution in [-0.4, -0.2) is 16.6 Å². The van der Waals surface area contributed by atoms with E-state index in [1.54, 1.807) is 6.92 Å². The molecule has 4 nitrogen and oxygen atoms in total. The fourth-order valence-corrected chi connectivity index (χ4v) is 1.56. The van der Waals surface area contributed by atoms with Gasteiger partial charge in [0.05, 0.1) is 10.8 Å². The third kappa shape index (κ3) is 2.27. The Morgan fingerprint density at radius 1 is 1.53 bits per heavy atom. The lowest BCUT2D eigenvalue weighted by Gasteiger charge is -2.04. The van der Waals surface area contributed by atoms with E-state index in [2.05, 4.69) is 0 Å². The van der Waals surface area contributed by atoms with Gasteiger partial charge < -0.3 is 0 Å². The smallest absolute Gasteiger partial charge is 0.288 e. The number of hydrogen-bond acceptors (Lipinski definition) is 3. The van der Waals surface area contributed by atoms with Crippen molar-refractivity contribution in [2.24, 2.45) is 0 Å². The quantitative estimate of drug-likeness (QED) is 0.357. The Hall–Kier alpha value is -1.13. The number of nitrogens with zero attached hydrogens (tertiary/aromatic N) is 1. The number of nitro groups is 1. The molecule has 0 atom stereocenters. The summed E-state index contributed by atoms with van der Waals surface area (Å²) in [5, 5.41) is 10.5. The molecule has 0 aromatic heterocycles. The van der Waals surface area contributed by atoms with Gasteiger partial charge >= 0.3 is 0 Å². The van der Waals surface area contributed by atoms with Gasteiger partial charge in [0.2, 0.25) is 0 Å². The zero-order chi connectivity index (χ0) is 11.6. The van der Waals surface area contributed by atoms with E-state index in [1.165, 1.54) is 12.1 Å². The summed E-state index contributed by atoms with van der Waals surface area (Å²) in [6.45, 7) is 1.55. The lowest BCUT2D eigenvalue weighted by Crippen LogP contribution is -2.04. The molecule has 0 heterocycles. The number of Topliss-reactive ketones (excluding diaryl/α,β-unsaturated/α-hetero) is 1. The maximum absolute atomic E-state index is 11.3. The van der Waals surface area contributed by atoms with Crippen molar-refractivity contribution in [3.05, 3.63) is 38.4 Å². The fraction of sp³-hybridized carbons (Fsp3) is 0.222. The molecule has 0 fully saturated rings. The highest BCUT2D eigenvalue weighted by molar-refractivity contribution is 6.35. The van der Waals surface area contributed by atoms with Crippen molar-refractivity contribution in [2.75, 3.05) is 5.88 Å². The second-order valence-corrected chi connectivity index (χ2v) is 3.53. The molecule has 15 heavy (non-hydrogen) atoms. The van der Waals surface area contributed by atoms with Crippen molar-refractivity contribution in [3.8, 4) is 0 Å². The predicted octanol–water partition coefficient (Wildman–Crippen LogP) is 2.98. The molecule has 1 aromatic carbocycles. The Morgan fingerprint density at radius 2 is 2.13 bits per heavy atom. The molecule has 1 aromatic rings. The number of benzene rings is 1. The molecule has 80 valence electrons. The van der Waals surface area contributed by atoms with Crippen molar-refractivity contribution < 1.29 is 9.72 Å². The third-order valence-electron chi connectivity index (χ3n) is 1.98. The summed E-state index contributed by atoms with van der Waals surface area (Å²) in [6, 6.07) is 2.57. The standard InChI is InChI=1S/C9H7Cl2NO3/c1-5-6(8(13)4-10)2-3-7(9(5)11)12(14)15/h2-3H,4H2,1H3. The maximum Gasteiger partial charge on any atom is 0.288 e. The second kappa shape index (κ2) is 4.59. The van der Waals surface area contributed by atoms with Gasteiger partial charge in [-0.1, -0.05) is 11.6 Å². The van der Waals surface area contributed by atoms with Crippen molar-refractivity contribution in [3.63, 3.8) is 0 Å². The fourth-order valence-electron chi connectivity index (χ4n) is 1.19. The molecule has 0 amide bonds. The molecule has 1 rings (SSSR count). The van der Waals surface area contributed by atoms with Crippen LogP contribution in [0, 0.1) is 17.0 Å².